The van der Waals surface area contributed by atoms with Crippen molar-refractivity contribution in [3.05, 3.63) is 0 Å². The molecule has 0 spiro atoms. The summed E-state index contributed by atoms with van der Waals surface area (Å²) in [6.07, 6.45) is 14.3. The maximum Gasteiger partial charge on any atom is 0.00103 e. The van der Waals surface area contributed by atoms with Gasteiger partial charge in [-0.2, -0.15) is 0 Å². The zero-order valence-corrected chi connectivity index (χ0v) is 13.4. The molecule has 18 heavy (non-hydrogen) atoms. The number of nitrogens with one attached hydrogen (secondary N) is 1. The molecular formula is C17H37N. The van der Waals surface area contributed by atoms with E-state index in [1.807, 2.05) is 0 Å². The highest BCUT2D eigenvalue weighted by Crippen LogP contribution is 2.14. The summed E-state index contributed by atoms with van der Waals surface area (Å²) in [5.74, 6) is 0.899. The standard InChI is InChI=1S/C17H37N/c1-5-6-7-8-9-10-11-12-13-17(4)14-15-18-16(2)3/h16-18H,5-15H2,1-4H3. The zero-order valence-electron chi connectivity index (χ0n) is 13.4. The first-order valence-electron chi connectivity index (χ1n) is 8.40. The fraction of sp³-hybridized carbons (Fsp3) is 1.00. The van der Waals surface area contributed by atoms with Crippen molar-refractivity contribution in [2.45, 2.75) is 97.9 Å². The van der Waals surface area contributed by atoms with Gasteiger partial charge in [-0.05, 0) is 18.9 Å². The van der Waals surface area contributed by atoms with Gasteiger partial charge in [0.25, 0.3) is 0 Å². The van der Waals surface area contributed by atoms with E-state index >= 15 is 0 Å². The lowest BCUT2D eigenvalue weighted by molar-refractivity contribution is 0.430. The van der Waals surface area contributed by atoms with Crippen LogP contribution in [0.3, 0.4) is 0 Å². The van der Waals surface area contributed by atoms with Gasteiger partial charge in [0.1, 0.15) is 0 Å². The molecule has 1 atom stereocenters. The quantitative estimate of drug-likeness (QED) is 0.426. The Kier molecular flexibility index (Phi) is 13.4. The molecule has 0 aromatic rings. The lowest BCUT2D eigenvalue weighted by atomic mass is 9.98. The Morgan fingerprint density at radius 2 is 1.28 bits per heavy atom. The number of rotatable bonds is 13. The van der Waals surface area contributed by atoms with Crippen molar-refractivity contribution in [1.29, 1.82) is 0 Å². The SMILES string of the molecule is CCCCCCCCCCC(C)CCNC(C)C. The van der Waals surface area contributed by atoms with E-state index in [1.54, 1.807) is 0 Å². The summed E-state index contributed by atoms with van der Waals surface area (Å²) in [6.45, 7) is 10.3. The van der Waals surface area contributed by atoms with Crippen LogP contribution in [0.1, 0.15) is 91.9 Å². The predicted molar refractivity (Wildman–Crippen MR) is 84.1 cm³/mol. The predicted octanol–water partition coefficient (Wildman–Crippen LogP) is 5.54. The monoisotopic (exact) mass is 255 g/mol. The van der Waals surface area contributed by atoms with Gasteiger partial charge in [-0.3, -0.25) is 0 Å². The summed E-state index contributed by atoms with van der Waals surface area (Å²) >= 11 is 0. The van der Waals surface area contributed by atoms with Gasteiger partial charge in [-0.15, -0.1) is 0 Å². The van der Waals surface area contributed by atoms with Crippen LogP contribution in [-0.4, -0.2) is 12.6 Å². The average molecular weight is 255 g/mol. The van der Waals surface area contributed by atoms with Crippen molar-refractivity contribution >= 4 is 0 Å². The molecule has 0 fully saturated rings. The first-order valence-corrected chi connectivity index (χ1v) is 8.40. The van der Waals surface area contributed by atoms with E-state index in [-0.39, 0.29) is 0 Å². The third-order valence-electron chi connectivity index (χ3n) is 3.74. The van der Waals surface area contributed by atoms with Crippen LogP contribution in [-0.2, 0) is 0 Å². The number of unbranched alkanes of at least 4 members (excludes halogenated alkanes) is 7. The van der Waals surface area contributed by atoms with Crippen LogP contribution in [0.15, 0.2) is 0 Å². The zero-order chi connectivity index (χ0) is 13.6. The van der Waals surface area contributed by atoms with Crippen molar-refractivity contribution in [3.63, 3.8) is 0 Å². The summed E-state index contributed by atoms with van der Waals surface area (Å²) in [5.41, 5.74) is 0. The molecule has 1 heteroatoms. The van der Waals surface area contributed by atoms with Crippen LogP contribution in [0.25, 0.3) is 0 Å². The normalized spacial score (nSPS) is 13.2. The molecule has 0 aliphatic rings. The molecule has 0 rings (SSSR count). The fourth-order valence-corrected chi connectivity index (χ4v) is 2.39. The van der Waals surface area contributed by atoms with Gasteiger partial charge < -0.3 is 5.32 Å². The maximum atomic E-state index is 3.51. The van der Waals surface area contributed by atoms with Crippen molar-refractivity contribution in [2.24, 2.45) is 5.92 Å². The second-order valence-corrected chi connectivity index (χ2v) is 6.27. The van der Waals surface area contributed by atoms with E-state index in [0.29, 0.717) is 6.04 Å². The van der Waals surface area contributed by atoms with E-state index < -0.39 is 0 Å². The molecule has 1 nitrogen and oxygen atoms in total. The van der Waals surface area contributed by atoms with Gasteiger partial charge >= 0.3 is 0 Å². The molecule has 0 aromatic heterocycles. The molecule has 0 bridgehead atoms. The molecule has 0 heterocycles. The lowest BCUT2D eigenvalue weighted by Crippen LogP contribution is -2.24. The van der Waals surface area contributed by atoms with Gasteiger partial charge in [0, 0.05) is 6.04 Å². The number of hydrogen-bond donors (Lipinski definition) is 1. The van der Waals surface area contributed by atoms with E-state index in [4.69, 9.17) is 0 Å². The molecular weight excluding hydrogens is 218 g/mol. The first kappa shape index (κ1) is 18.0. The Balaban J connectivity index is 3.12. The third kappa shape index (κ3) is 14.0. The summed E-state index contributed by atoms with van der Waals surface area (Å²) in [4.78, 5) is 0. The third-order valence-corrected chi connectivity index (χ3v) is 3.74. The fourth-order valence-electron chi connectivity index (χ4n) is 2.39. The Morgan fingerprint density at radius 1 is 0.722 bits per heavy atom. The van der Waals surface area contributed by atoms with Crippen LogP contribution in [0.4, 0.5) is 0 Å². The molecule has 0 aromatic carbocycles. The van der Waals surface area contributed by atoms with Gasteiger partial charge in [0.2, 0.25) is 0 Å². The highest BCUT2D eigenvalue weighted by atomic mass is 14.9. The van der Waals surface area contributed by atoms with Crippen molar-refractivity contribution in [1.82, 2.24) is 5.32 Å². The largest absolute Gasteiger partial charge is 0.315 e. The second-order valence-electron chi connectivity index (χ2n) is 6.27. The Bertz CT molecular complexity index is 154. The molecule has 0 amide bonds. The molecule has 1 unspecified atom stereocenters. The topological polar surface area (TPSA) is 12.0 Å². The highest BCUT2D eigenvalue weighted by Gasteiger charge is 2.02. The summed E-state index contributed by atoms with van der Waals surface area (Å²) < 4.78 is 0. The van der Waals surface area contributed by atoms with Crippen LogP contribution >= 0.6 is 0 Å². The number of hydrogen-bond acceptors (Lipinski definition) is 1. The van der Waals surface area contributed by atoms with Gasteiger partial charge in [-0.25, -0.2) is 0 Å². The van der Waals surface area contributed by atoms with Crippen molar-refractivity contribution < 1.29 is 0 Å². The minimum atomic E-state index is 0.639. The lowest BCUT2D eigenvalue weighted by Gasteiger charge is -2.13. The Hall–Kier alpha value is -0.0400. The molecule has 0 saturated carbocycles. The van der Waals surface area contributed by atoms with Crippen LogP contribution in [0, 0.1) is 5.92 Å². The van der Waals surface area contributed by atoms with Gasteiger partial charge in [-0.1, -0.05) is 85.5 Å². The summed E-state index contributed by atoms with van der Waals surface area (Å²) in [7, 11) is 0. The highest BCUT2D eigenvalue weighted by molar-refractivity contribution is 4.59. The van der Waals surface area contributed by atoms with E-state index in [2.05, 4.69) is 33.0 Å². The molecule has 0 aliphatic carbocycles. The molecule has 110 valence electrons. The molecule has 0 saturated heterocycles. The van der Waals surface area contributed by atoms with Crippen molar-refractivity contribution in [2.75, 3.05) is 6.54 Å². The second kappa shape index (κ2) is 13.4. The van der Waals surface area contributed by atoms with Crippen LogP contribution in [0.2, 0.25) is 0 Å². The average Bonchev–Trinajstić information content (AvgIpc) is 2.32. The van der Waals surface area contributed by atoms with Gasteiger partial charge in [0.15, 0.2) is 0 Å². The Labute approximate surface area is 116 Å². The van der Waals surface area contributed by atoms with E-state index in [1.165, 1.54) is 70.8 Å². The van der Waals surface area contributed by atoms with Crippen LogP contribution < -0.4 is 5.32 Å². The smallest absolute Gasteiger partial charge is 0.00103 e. The molecule has 0 radical (unpaired) electrons. The molecule has 1 N–H and O–H groups in total. The van der Waals surface area contributed by atoms with Gasteiger partial charge in [0.05, 0.1) is 0 Å². The Morgan fingerprint density at radius 3 is 1.83 bits per heavy atom. The molecule has 0 aliphatic heterocycles. The maximum absolute atomic E-state index is 3.51. The summed E-state index contributed by atoms with van der Waals surface area (Å²) in [5, 5.41) is 3.51. The minimum Gasteiger partial charge on any atom is -0.315 e. The minimum absolute atomic E-state index is 0.639. The van der Waals surface area contributed by atoms with E-state index in [0.717, 1.165) is 5.92 Å². The first-order chi connectivity index (χ1) is 8.66. The van der Waals surface area contributed by atoms with Crippen LogP contribution in [0.5, 0.6) is 0 Å². The summed E-state index contributed by atoms with van der Waals surface area (Å²) in [6, 6.07) is 0.639. The van der Waals surface area contributed by atoms with Crippen molar-refractivity contribution in [3.8, 4) is 0 Å². The van der Waals surface area contributed by atoms with E-state index in [9.17, 15) is 0 Å².